The number of aliphatic hydroxyl groups excluding tert-OH is 1. The molecule has 2 aliphatic rings. The molecule has 26 nitrogen and oxygen atoms in total. The minimum Gasteiger partial charge on any atom is -0.481 e. The third-order valence-corrected chi connectivity index (χ3v) is 11.0. The number of hydrogen-bond acceptors (Lipinski definition) is 14. The lowest BCUT2D eigenvalue weighted by Crippen LogP contribution is -2.60. The fourth-order valence-electron chi connectivity index (χ4n) is 7.37. The molecule has 2 aliphatic heterocycles. The quantitative estimate of drug-likeness (QED) is 0.0389. The average molecular weight is 955 g/mol. The average Bonchev–Trinajstić information content (AvgIpc) is 3.95. The van der Waals surface area contributed by atoms with E-state index in [9.17, 15) is 67.7 Å². The molecule has 0 aliphatic carbocycles. The molecule has 0 radical (unpaired) electrons. The van der Waals surface area contributed by atoms with Crippen molar-refractivity contribution in [2.75, 3.05) is 26.2 Å². The SMILES string of the molecule is CC(C)C[C@H](NC(=O)[C@H](C)NC(=O)[C@@H](NC(=O)CNC(=O)[C@H](CCC(=O)O)NC(=O)[C@@H](N)CO)C(C)C)C(=O)N[C@@H](CC(=O)O)C(=O)N1CCC[C@H]1C(=O)N[C@@H](C)C(=O)N1CCC[C@H]1C(=O)O. The van der Waals surface area contributed by atoms with Gasteiger partial charge in [0.15, 0.2) is 0 Å². The molecule has 0 aromatic carbocycles. The van der Waals surface area contributed by atoms with E-state index >= 15 is 0 Å². The number of carbonyl (C=O) groups excluding carboxylic acids is 9. The third kappa shape index (κ3) is 17.7. The lowest BCUT2D eigenvalue weighted by atomic mass is 10.0. The van der Waals surface area contributed by atoms with Gasteiger partial charge in [-0.15, -0.1) is 0 Å². The molecule has 0 aromatic heterocycles. The number of carboxylic acids is 3. The topological polar surface area (TPSA) is 402 Å². The van der Waals surface area contributed by atoms with Crippen LogP contribution in [0.3, 0.4) is 0 Å². The summed E-state index contributed by atoms with van der Waals surface area (Å²) in [5.41, 5.74) is 5.46. The summed E-state index contributed by atoms with van der Waals surface area (Å²) >= 11 is 0. The summed E-state index contributed by atoms with van der Waals surface area (Å²) in [4.78, 5) is 156. The summed E-state index contributed by atoms with van der Waals surface area (Å²) < 4.78 is 0. The Morgan fingerprint density at radius 1 is 0.612 bits per heavy atom. The summed E-state index contributed by atoms with van der Waals surface area (Å²) in [6.45, 7) is 7.95. The van der Waals surface area contributed by atoms with Crippen LogP contribution in [0.4, 0.5) is 0 Å². The molecular weight excluding hydrogens is 889 g/mol. The van der Waals surface area contributed by atoms with Gasteiger partial charge in [0.2, 0.25) is 53.2 Å². The maximum absolute atomic E-state index is 13.9. The monoisotopic (exact) mass is 954 g/mol. The molecule has 0 saturated carbocycles. The van der Waals surface area contributed by atoms with Crippen molar-refractivity contribution in [3.8, 4) is 0 Å². The van der Waals surface area contributed by atoms with Crippen LogP contribution in [0.5, 0.6) is 0 Å². The first-order valence-corrected chi connectivity index (χ1v) is 22.0. The number of aliphatic hydroxyl groups is 1. The third-order valence-electron chi connectivity index (χ3n) is 11.0. The number of aliphatic carboxylic acids is 3. The van der Waals surface area contributed by atoms with Crippen molar-refractivity contribution in [1.29, 1.82) is 0 Å². The molecular formula is C41H66N10O16. The molecule has 2 heterocycles. The van der Waals surface area contributed by atoms with Crippen LogP contribution in [-0.2, 0) is 57.5 Å². The van der Waals surface area contributed by atoms with E-state index in [1.54, 1.807) is 27.7 Å². The zero-order valence-electron chi connectivity index (χ0n) is 38.5. The zero-order chi connectivity index (χ0) is 50.9. The van der Waals surface area contributed by atoms with Gasteiger partial charge >= 0.3 is 17.9 Å². The summed E-state index contributed by atoms with van der Waals surface area (Å²) in [6, 6.07) is -11.9. The summed E-state index contributed by atoms with van der Waals surface area (Å²) in [6.07, 6.45) is -0.661. The van der Waals surface area contributed by atoms with Crippen LogP contribution in [0.1, 0.15) is 92.9 Å². The molecule has 67 heavy (non-hydrogen) atoms. The number of likely N-dealkylation sites (tertiary alicyclic amines) is 2. The molecule has 0 spiro atoms. The van der Waals surface area contributed by atoms with E-state index in [0.717, 1.165) is 9.80 Å². The van der Waals surface area contributed by atoms with E-state index in [1.165, 1.54) is 13.8 Å². The molecule has 2 saturated heterocycles. The van der Waals surface area contributed by atoms with Crippen molar-refractivity contribution < 1.29 is 78.0 Å². The number of nitrogens with zero attached hydrogens (tertiary/aromatic N) is 2. The number of nitrogens with one attached hydrogen (secondary N) is 7. The van der Waals surface area contributed by atoms with Crippen molar-refractivity contribution in [2.24, 2.45) is 17.6 Å². The van der Waals surface area contributed by atoms with E-state index in [4.69, 9.17) is 15.9 Å². The number of carboxylic acid groups (broad SMARTS) is 3. The van der Waals surface area contributed by atoms with Gasteiger partial charge < -0.3 is 73.2 Å². The number of hydrogen-bond donors (Lipinski definition) is 12. The first-order valence-electron chi connectivity index (χ1n) is 22.0. The van der Waals surface area contributed by atoms with Crippen LogP contribution in [0, 0.1) is 11.8 Å². The van der Waals surface area contributed by atoms with Crippen LogP contribution in [0.2, 0.25) is 0 Å². The Morgan fingerprint density at radius 2 is 1.18 bits per heavy atom. The maximum Gasteiger partial charge on any atom is 0.326 e. The maximum atomic E-state index is 13.9. The van der Waals surface area contributed by atoms with Gasteiger partial charge in [-0.2, -0.15) is 0 Å². The van der Waals surface area contributed by atoms with Crippen LogP contribution in [0.15, 0.2) is 0 Å². The van der Waals surface area contributed by atoms with E-state index in [-0.39, 0.29) is 44.7 Å². The van der Waals surface area contributed by atoms with E-state index in [0.29, 0.717) is 12.8 Å². The summed E-state index contributed by atoms with van der Waals surface area (Å²) in [5.74, 6) is -12.5. The van der Waals surface area contributed by atoms with Crippen LogP contribution in [0.25, 0.3) is 0 Å². The van der Waals surface area contributed by atoms with Gasteiger partial charge in [0.25, 0.3) is 0 Å². The summed E-state index contributed by atoms with van der Waals surface area (Å²) in [5, 5.41) is 54.1. The number of carbonyl (C=O) groups is 12. The van der Waals surface area contributed by atoms with Gasteiger partial charge in [-0.05, 0) is 64.2 Å². The Bertz CT molecular complexity index is 1860. The van der Waals surface area contributed by atoms with E-state index < -0.39 is 157 Å². The molecule has 26 heteroatoms. The minimum atomic E-state index is -1.71. The van der Waals surface area contributed by atoms with Crippen molar-refractivity contribution in [2.45, 2.75) is 147 Å². The van der Waals surface area contributed by atoms with Crippen molar-refractivity contribution in [3.05, 3.63) is 0 Å². The van der Waals surface area contributed by atoms with Crippen LogP contribution >= 0.6 is 0 Å². The van der Waals surface area contributed by atoms with E-state index in [2.05, 4.69) is 37.2 Å². The molecule has 9 amide bonds. The first kappa shape index (κ1) is 56.7. The van der Waals surface area contributed by atoms with Crippen LogP contribution in [-0.4, -0.2) is 182 Å². The molecule has 0 unspecified atom stereocenters. The fourth-order valence-corrected chi connectivity index (χ4v) is 7.37. The Hall–Kier alpha value is -6.44. The molecule has 0 aromatic rings. The molecule has 0 bridgehead atoms. The highest BCUT2D eigenvalue weighted by atomic mass is 16.4. The second-order valence-electron chi connectivity index (χ2n) is 17.3. The van der Waals surface area contributed by atoms with Gasteiger partial charge in [0.05, 0.1) is 19.6 Å². The van der Waals surface area contributed by atoms with E-state index in [1.807, 2.05) is 0 Å². The van der Waals surface area contributed by atoms with Crippen molar-refractivity contribution in [1.82, 2.24) is 47.0 Å². The fraction of sp³-hybridized carbons (Fsp3) is 0.707. The lowest BCUT2D eigenvalue weighted by Gasteiger charge is -2.31. The molecule has 2 rings (SSSR count). The van der Waals surface area contributed by atoms with Crippen molar-refractivity contribution >= 4 is 71.1 Å². The highest BCUT2D eigenvalue weighted by Gasteiger charge is 2.42. The number of amides is 9. The molecule has 9 atom stereocenters. The Kier molecular flexibility index (Phi) is 22.5. The predicted molar refractivity (Wildman–Crippen MR) is 232 cm³/mol. The second-order valence-corrected chi connectivity index (χ2v) is 17.3. The molecule has 13 N–H and O–H groups in total. The highest BCUT2D eigenvalue weighted by Crippen LogP contribution is 2.22. The van der Waals surface area contributed by atoms with Gasteiger partial charge in [-0.25, -0.2) is 4.79 Å². The smallest absolute Gasteiger partial charge is 0.326 e. The minimum absolute atomic E-state index is 0.00466. The van der Waals surface area contributed by atoms with Gasteiger partial charge in [-0.3, -0.25) is 52.7 Å². The second kappa shape index (κ2) is 26.6. The number of nitrogens with two attached hydrogens (primary N) is 1. The zero-order valence-corrected chi connectivity index (χ0v) is 38.5. The Labute approximate surface area is 386 Å². The lowest BCUT2D eigenvalue weighted by molar-refractivity contribution is -0.149. The summed E-state index contributed by atoms with van der Waals surface area (Å²) in [7, 11) is 0. The van der Waals surface area contributed by atoms with Gasteiger partial charge in [-0.1, -0.05) is 27.7 Å². The standard InChI is InChI=1S/C41H66N10O16/c1-19(2)15-25(36(61)48-26(16-31(56)57)40(65)50-13-7-9-27(50)37(62)45-22(6)39(64)51-14-8-10-28(51)41(66)67)47-33(58)21(5)44-38(63)32(20(3)4)49-29(53)17-43-35(60)24(11-12-30(54)55)46-34(59)23(42)18-52/h19-28,32,52H,7-18,42H2,1-6H3,(H,43,60)(H,44,63)(H,45,62)(H,46,59)(H,47,58)(H,48,61)(H,49,53)(H,54,55)(H,56,57)(H,66,67)/t21-,22-,23-,24-,25-,26-,27-,28-,32-/m0/s1. The predicted octanol–water partition coefficient (Wildman–Crippen LogP) is -4.52. The van der Waals surface area contributed by atoms with Crippen molar-refractivity contribution in [3.63, 3.8) is 0 Å². The first-order chi connectivity index (χ1) is 31.3. The van der Waals surface area contributed by atoms with Gasteiger partial charge in [0.1, 0.15) is 54.4 Å². The largest absolute Gasteiger partial charge is 0.481 e. The number of rotatable bonds is 26. The highest BCUT2D eigenvalue weighted by molar-refractivity contribution is 5.99. The molecule has 2 fully saturated rings. The molecule has 376 valence electrons. The van der Waals surface area contributed by atoms with Gasteiger partial charge in [0, 0.05) is 19.5 Å². The normalized spacial score (nSPS) is 18.8. The van der Waals surface area contributed by atoms with Crippen LogP contribution < -0.4 is 43.0 Å². The Morgan fingerprint density at radius 3 is 1.72 bits per heavy atom. The Balaban J connectivity index is 2.12.